The summed E-state index contributed by atoms with van der Waals surface area (Å²) in [5, 5.41) is 5.81. The van der Waals surface area contributed by atoms with Gasteiger partial charge in [-0.25, -0.2) is 14.4 Å². The molecule has 0 unspecified atom stereocenters. The summed E-state index contributed by atoms with van der Waals surface area (Å²) in [5.41, 5.74) is 3.48. The Morgan fingerprint density at radius 3 is 2.55 bits per heavy atom. The second kappa shape index (κ2) is 7.74. The second-order valence-corrected chi connectivity index (χ2v) is 8.05. The Balaban J connectivity index is 1.52. The van der Waals surface area contributed by atoms with Gasteiger partial charge in [-0.1, -0.05) is 41.9 Å². The molecule has 1 atom stereocenters. The van der Waals surface area contributed by atoms with Gasteiger partial charge in [0.15, 0.2) is 5.82 Å². The lowest BCUT2D eigenvalue weighted by atomic mass is 9.95. The fraction of sp³-hybridized carbons (Fsp3) is 0.217. The van der Waals surface area contributed by atoms with Crippen LogP contribution in [0.4, 0.5) is 4.39 Å². The van der Waals surface area contributed by atoms with Crippen LogP contribution in [-0.4, -0.2) is 28.3 Å². The van der Waals surface area contributed by atoms with Gasteiger partial charge in [-0.15, -0.1) is 0 Å². The van der Waals surface area contributed by atoms with Crippen molar-refractivity contribution < 1.29 is 14.0 Å². The number of carbonyl (C=O) groups is 2. The van der Waals surface area contributed by atoms with Crippen molar-refractivity contribution in [2.75, 3.05) is 6.54 Å². The first-order valence-electron chi connectivity index (χ1n) is 10.00. The largest absolute Gasteiger partial charge is 0.356 e. The minimum Gasteiger partial charge on any atom is -0.356 e. The smallest absolute Gasteiger partial charge is 0.255 e. The molecule has 3 heterocycles. The molecule has 0 saturated carbocycles. The molecule has 2 aromatic carbocycles. The molecule has 8 heteroatoms. The van der Waals surface area contributed by atoms with Crippen molar-refractivity contribution in [3.8, 4) is 11.4 Å². The summed E-state index contributed by atoms with van der Waals surface area (Å²) in [6.45, 7) is 0.952. The third-order valence-corrected chi connectivity index (χ3v) is 6.01. The topological polar surface area (TPSA) is 84.0 Å². The van der Waals surface area contributed by atoms with Crippen LogP contribution in [0.3, 0.4) is 0 Å². The Morgan fingerprint density at radius 1 is 1.03 bits per heavy atom. The van der Waals surface area contributed by atoms with E-state index in [2.05, 4.69) is 20.6 Å². The molecule has 0 radical (unpaired) electrons. The fourth-order valence-corrected chi connectivity index (χ4v) is 4.37. The quantitative estimate of drug-likeness (QED) is 0.656. The van der Waals surface area contributed by atoms with Gasteiger partial charge in [0.2, 0.25) is 5.91 Å². The average Bonchev–Trinajstić information content (AvgIpc) is 3.34. The second-order valence-electron chi connectivity index (χ2n) is 7.65. The summed E-state index contributed by atoms with van der Waals surface area (Å²) in [7, 11) is 0. The van der Waals surface area contributed by atoms with Crippen LogP contribution in [0.5, 0.6) is 0 Å². The van der Waals surface area contributed by atoms with Gasteiger partial charge in [-0.2, -0.15) is 0 Å². The predicted octanol–water partition coefficient (Wildman–Crippen LogP) is 3.37. The third kappa shape index (κ3) is 3.55. The molecule has 31 heavy (non-hydrogen) atoms. The number of carbonyl (C=O) groups excluding carboxylic acids is 2. The number of hydrogen-bond acceptors (Lipinski definition) is 4. The maximum absolute atomic E-state index is 14.5. The molecule has 2 aliphatic heterocycles. The molecule has 156 valence electrons. The molecule has 2 aliphatic rings. The zero-order chi connectivity index (χ0) is 21.5. The Hall–Kier alpha value is -3.32. The fourth-order valence-electron chi connectivity index (χ4n) is 4.13. The van der Waals surface area contributed by atoms with Crippen LogP contribution in [0.25, 0.3) is 11.4 Å². The van der Waals surface area contributed by atoms with E-state index in [9.17, 15) is 14.0 Å². The van der Waals surface area contributed by atoms with E-state index >= 15 is 0 Å². The van der Waals surface area contributed by atoms with Gasteiger partial charge in [0, 0.05) is 13.0 Å². The van der Waals surface area contributed by atoms with Crippen LogP contribution in [0.2, 0.25) is 5.02 Å². The first-order chi connectivity index (χ1) is 15.0. The van der Waals surface area contributed by atoms with E-state index in [1.165, 1.54) is 12.1 Å². The molecule has 1 aromatic heterocycles. The van der Waals surface area contributed by atoms with Gasteiger partial charge in [0.25, 0.3) is 5.91 Å². The highest BCUT2D eigenvalue weighted by molar-refractivity contribution is 6.33. The normalized spacial score (nSPS) is 17.4. The summed E-state index contributed by atoms with van der Waals surface area (Å²) < 4.78 is 14.5. The molecule has 2 N–H and O–H groups in total. The number of fused-ring (bicyclic) bond motifs is 1. The van der Waals surface area contributed by atoms with Crippen LogP contribution in [0, 0.1) is 5.82 Å². The van der Waals surface area contributed by atoms with Gasteiger partial charge in [-0.05, 0) is 29.7 Å². The average molecular weight is 437 g/mol. The van der Waals surface area contributed by atoms with E-state index in [4.69, 9.17) is 11.6 Å². The molecule has 1 fully saturated rings. The maximum atomic E-state index is 14.5. The molecule has 2 amide bonds. The number of nitrogens with zero attached hydrogens (tertiary/aromatic N) is 2. The van der Waals surface area contributed by atoms with Gasteiger partial charge in [0.05, 0.1) is 40.0 Å². The lowest BCUT2D eigenvalue weighted by Gasteiger charge is -2.12. The van der Waals surface area contributed by atoms with Crippen molar-refractivity contribution in [1.29, 1.82) is 0 Å². The first-order valence-corrected chi connectivity index (χ1v) is 10.4. The molecular weight excluding hydrogens is 419 g/mol. The summed E-state index contributed by atoms with van der Waals surface area (Å²) in [5.74, 6) is -0.680. The van der Waals surface area contributed by atoms with Crippen molar-refractivity contribution >= 4 is 23.4 Å². The number of benzene rings is 2. The minimum atomic E-state index is -0.519. The lowest BCUT2D eigenvalue weighted by Crippen LogP contribution is -2.17. The number of rotatable bonds is 4. The van der Waals surface area contributed by atoms with Gasteiger partial charge in [-0.3, -0.25) is 9.59 Å². The van der Waals surface area contributed by atoms with E-state index in [1.807, 2.05) is 24.3 Å². The lowest BCUT2D eigenvalue weighted by molar-refractivity contribution is -0.120. The van der Waals surface area contributed by atoms with Crippen molar-refractivity contribution in [3.63, 3.8) is 0 Å². The Morgan fingerprint density at radius 2 is 1.84 bits per heavy atom. The number of hydrogen-bond donors (Lipinski definition) is 2. The zero-order valence-electron chi connectivity index (χ0n) is 16.4. The Bertz CT molecular complexity index is 1190. The molecular formula is C23H18ClFN4O2. The highest BCUT2D eigenvalue weighted by Gasteiger charge is 2.28. The molecule has 1 saturated heterocycles. The number of nitrogens with one attached hydrogen (secondary N) is 2. The molecule has 3 aromatic rings. The summed E-state index contributed by atoms with van der Waals surface area (Å²) in [6.07, 6.45) is 1.15. The molecule has 0 bridgehead atoms. The Labute approximate surface area is 182 Å². The van der Waals surface area contributed by atoms with Gasteiger partial charge in [0.1, 0.15) is 5.82 Å². The first kappa shape index (κ1) is 19.6. The predicted molar refractivity (Wildman–Crippen MR) is 113 cm³/mol. The van der Waals surface area contributed by atoms with Crippen LogP contribution < -0.4 is 10.6 Å². The van der Waals surface area contributed by atoms with Crippen LogP contribution >= 0.6 is 11.6 Å². The van der Waals surface area contributed by atoms with E-state index in [0.29, 0.717) is 29.9 Å². The standard InChI is InChI=1S/C23H18ClFN4O2/c24-15-2-1-3-16(25)19(15)21-28-17(20-18(29-21)11-27-23(20)31)10-12-4-6-13(7-5-12)14-8-9-26-22(14)30/h1-7,14H,8-11H2,(H,26,30)(H,27,31)/t14-/m0/s1. The van der Waals surface area contributed by atoms with Gasteiger partial charge < -0.3 is 10.6 Å². The number of halogens is 2. The monoisotopic (exact) mass is 436 g/mol. The van der Waals surface area contributed by atoms with E-state index in [0.717, 1.165) is 17.5 Å². The van der Waals surface area contributed by atoms with Crippen molar-refractivity contribution in [3.05, 3.63) is 81.4 Å². The molecule has 0 aliphatic carbocycles. The summed E-state index contributed by atoms with van der Waals surface area (Å²) >= 11 is 6.21. The van der Waals surface area contributed by atoms with E-state index < -0.39 is 5.82 Å². The molecule has 6 nitrogen and oxygen atoms in total. The number of amides is 2. The zero-order valence-corrected chi connectivity index (χ0v) is 17.2. The van der Waals surface area contributed by atoms with Crippen LogP contribution in [-0.2, 0) is 17.8 Å². The molecule has 5 rings (SSSR count). The van der Waals surface area contributed by atoms with Crippen molar-refractivity contribution in [1.82, 2.24) is 20.6 Å². The van der Waals surface area contributed by atoms with Gasteiger partial charge >= 0.3 is 0 Å². The highest BCUT2D eigenvalue weighted by Crippen LogP contribution is 2.31. The van der Waals surface area contributed by atoms with E-state index in [1.54, 1.807) is 6.07 Å². The minimum absolute atomic E-state index is 0.0458. The SMILES string of the molecule is O=C1NCc2nc(-c3c(F)cccc3Cl)nc(Cc3ccc([C@@H]4CCNC4=O)cc3)c21. The summed E-state index contributed by atoms with van der Waals surface area (Å²) in [6, 6.07) is 12.1. The van der Waals surface area contributed by atoms with Crippen molar-refractivity contribution in [2.24, 2.45) is 0 Å². The van der Waals surface area contributed by atoms with Crippen LogP contribution in [0.15, 0.2) is 42.5 Å². The van der Waals surface area contributed by atoms with Crippen LogP contribution in [0.1, 0.15) is 45.2 Å². The molecule has 0 spiro atoms. The number of aromatic nitrogens is 2. The highest BCUT2D eigenvalue weighted by atomic mass is 35.5. The van der Waals surface area contributed by atoms with E-state index in [-0.39, 0.29) is 40.7 Å². The maximum Gasteiger partial charge on any atom is 0.255 e. The third-order valence-electron chi connectivity index (χ3n) is 5.69. The Kier molecular flexibility index (Phi) is 4.90. The van der Waals surface area contributed by atoms with Crippen molar-refractivity contribution in [2.45, 2.75) is 25.3 Å². The summed E-state index contributed by atoms with van der Waals surface area (Å²) in [4.78, 5) is 33.3.